The van der Waals surface area contributed by atoms with Gasteiger partial charge in [-0.1, -0.05) is 11.6 Å². The summed E-state index contributed by atoms with van der Waals surface area (Å²) >= 11 is 6.01. The normalized spacial score (nSPS) is 11.4. The van der Waals surface area contributed by atoms with Crippen LogP contribution in [0.2, 0.25) is 5.02 Å². The molecular weight excluding hydrogens is 374 g/mol. The smallest absolute Gasteiger partial charge is 0.261 e. The quantitative estimate of drug-likeness (QED) is 0.633. The Hall–Kier alpha value is -1.96. The number of anilines is 2. The highest BCUT2D eigenvalue weighted by Gasteiger charge is 2.16. The number of ether oxygens (including phenoxy) is 1. The van der Waals surface area contributed by atoms with Crippen LogP contribution in [0, 0.1) is 0 Å². The lowest BCUT2D eigenvalue weighted by Gasteiger charge is -2.12. The number of nitrogens with one attached hydrogen (secondary N) is 2. The Bertz CT molecular complexity index is 824. The lowest BCUT2D eigenvalue weighted by Crippen LogP contribution is -2.16. The van der Waals surface area contributed by atoms with Crippen molar-refractivity contribution in [1.29, 1.82) is 0 Å². The van der Waals surface area contributed by atoms with Crippen LogP contribution >= 0.6 is 11.6 Å². The van der Waals surface area contributed by atoms with Crippen LogP contribution < -0.4 is 14.8 Å². The summed E-state index contributed by atoms with van der Waals surface area (Å²) in [6, 6.07) is 11.5. The summed E-state index contributed by atoms with van der Waals surface area (Å²) in [5.74, 6) is 0.426. The molecule has 0 bridgehead atoms. The second kappa shape index (κ2) is 9.12. The van der Waals surface area contributed by atoms with Crippen molar-refractivity contribution < 1.29 is 13.2 Å². The maximum atomic E-state index is 12.5. The van der Waals surface area contributed by atoms with Crippen molar-refractivity contribution in [1.82, 2.24) is 4.90 Å². The highest BCUT2D eigenvalue weighted by atomic mass is 35.5. The van der Waals surface area contributed by atoms with Gasteiger partial charge >= 0.3 is 0 Å². The molecule has 6 nitrogen and oxygen atoms in total. The molecule has 0 unspecified atom stereocenters. The molecule has 0 aliphatic heterocycles. The molecule has 0 atom stereocenters. The van der Waals surface area contributed by atoms with Crippen molar-refractivity contribution in [3.8, 4) is 5.75 Å². The van der Waals surface area contributed by atoms with Crippen LogP contribution in [0.15, 0.2) is 47.4 Å². The molecule has 0 heterocycles. The average molecular weight is 398 g/mol. The van der Waals surface area contributed by atoms with Crippen LogP contribution in [0.3, 0.4) is 0 Å². The molecule has 0 aromatic heterocycles. The number of nitrogens with zero attached hydrogens (tertiary/aromatic N) is 1. The van der Waals surface area contributed by atoms with Gasteiger partial charge in [-0.15, -0.1) is 0 Å². The summed E-state index contributed by atoms with van der Waals surface area (Å²) in [4.78, 5) is 2.21. The molecule has 142 valence electrons. The molecule has 2 aromatic carbocycles. The van der Waals surface area contributed by atoms with E-state index in [-0.39, 0.29) is 9.92 Å². The van der Waals surface area contributed by atoms with E-state index in [0.29, 0.717) is 11.4 Å². The summed E-state index contributed by atoms with van der Waals surface area (Å²) < 4.78 is 32.6. The molecule has 2 N–H and O–H groups in total. The van der Waals surface area contributed by atoms with E-state index >= 15 is 0 Å². The molecule has 26 heavy (non-hydrogen) atoms. The van der Waals surface area contributed by atoms with E-state index in [0.717, 1.165) is 25.2 Å². The fourth-order valence-corrected chi connectivity index (χ4v) is 3.72. The molecule has 0 saturated carbocycles. The second-order valence-corrected chi connectivity index (χ2v) is 8.15. The standard InChI is InChI=1S/C18H24ClN3O3S/c1-22(2)12-4-11-20-14-5-7-15(8-6-14)21-26(23,24)16-9-10-18(25-3)17(19)13-16/h5-10,13,20-21H,4,11-12H2,1-3H3. The van der Waals surface area contributed by atoms with E-state index in [2.05, 4.69) is 14.9 Å². The summed E-state index contributed by atoms with van der Waals surface area (Å²) in [6.07, 6.45) is 1.03. The van der Waals surface area contributed by atoms with Gasteiger partial charge in [0.15, 0.2) is 0 Å². The van der Waals surface area contributed by atoms with E-state index in [1.807, 2.05) is 26.2 Å². The van der Waals surface area contributed by atoms with Gasteiger partial charge in [-0.05, 0) is 69.5 Å². The fraction of sp³-hybridized carbons (Fsp3) is 0.333. The highest BCUT2D eigenvalue weighted by Crippen LogP contribution is 2.28. The Morgan fingerprint density at radius 2 is 1.73 bits per heavy atom. The monoisotopic (exact) mass is 397 g/mol. The van der Waals surface area contributed by atoms with E-state index in [9.17, 15) is 8.42 Å². The first-order valence-electron chi connectivity index (χ1n) is 8.17. The molecule has 0 fully saturated rings. The van der Waals surface area contributed by atoms with Crippen LogP contribution in [0.25, 0.3) is 0 Å². The van der Waals surface area contributed by atoms with Gasteiger partial charge in [-0.3, -0.25) is 4.72 Å². The van der Waals surface area contributed by atoms with E-state index in [1.165, 1.54) is 25.3 Å². The molecule has 0 saturated heterocycles. The van der Waals surface area contributed by atoms with Gasteiger partial charge in [0.1, 0.15) is 5.75 Å². The number of benzene rings is 2. The Balaban J connectivity index is 2.00. The molecule has 0 aliphatic carbocycles. The van der Waals surface area contributed by atoms with Crippen LogP contribution in [-0.4, -0.2) is 47.6 Å². The van der Waals surface area contributed by atoms with Crippen LogP contribution in [0.1, 0.15) is 6.42 Å². The first-order chi connectivity index (χ1) is 12.3. The molecule has 2 rings (SSSR count). The van der Waals surface area contributed by atoms with Crippen LogP contribution in [0.5, 0.6) is 5.75 Å². The van der Waals surface area contributed by atoms with Gasteiger partial charge in [0.25, 0.3) is 10.0 Å². The van der Waals surface area contributed by atoms with E-state index in [4.69, 9.17) is 16.3 Å². The Morgan fingerprint density at radius 1 is 1.08 bits per heavy atom. The topological polar surface area (TPSA) is 70.7 Å². The van der Waals surface area contributed by atoms with Gasteiger partial charge in [0, 0.05) is 17.9 Å². The minimum absolute atomic E-state index is 0.0780. The third kappa shape index (κ3) is 5.79. The predicted molar refractivity (Wildman–Crippen MR) is 107 cm³/mol. The first-order valence-corrected chi connectivity index (χ1v) is 10.0. The molecule has 0 aliphatic rings. The molecule has 0 amide bonds. The molecule has 8 heteroatoms. The number of methoxy groups -OCH3 is 1. The highest BCUT2D eigenvalue weighted by molar-refractivity contribution is 7.92. The van der Waals surface area contributed by atoms with Gasteiger partial charge in [0.2, 0.25) is 0 Å². The molecule has 0 spiro atoms. The minimum atomic E-state index is -3.72. The zero-order valence-corrected chi connectivity index (χ0v) is 16.7. The maximum absolute atomic E-state index is 12.5. The van der Waals surface area contributed by atoms with Crippen LogP contribution in [-0.2, 0) is 10.0 Å². The third-order valence-corrected chi connectivity index (χ3v) is 5.36. The third-order valence-electron chi connectivity index (χ3n) is 3.68. The van der Waals surface area contributed by atoms with Crippen molar-refractivity contribution in [3.63, 3.8) is 0 Å². The summed E-state index contributed by atoms with van der Waals surface area (Å²) in [6.45, 7) is 1.86. The summed E-state index contributed by atoms with van der Waals surface area (Å²) in [7, 11) is 1.83. The molecular formula is C18H24ClN3O3S. The fourth-order valence-electron chi connectivity index (χ4n) is 2.31. The van der Waals surface area contributed by atoms with Crippen molar-refractivity contribution in [3.05, 3.63) is 47.5 Å². The first kappa shape index (κ1) is 20.4. The number of hydrogen-bond acceptors (Lipinski definition) is 5. The lowest BCUT2D eigenvalue weighted by atomic mass is 10.3. The van der Waals surface area contributed by atoms with Gasteiger partial charge in [-0.2, -0.15) is 0 Å². The largest absolute Gasteiger partial charge is 0.495 e. The number of hydrogen-bond donors (Lipinski definition) is 2. The van der Waals surface area contributed by atoms with Gasteiger partial charge in [-0.25, -0.2) is 8.42 Å². The van der Waals surface area contributed by atoms with Crippen molar-refractivity contribution in [2.45, 2.75) is 11.3 Å². The number of halogens is 1. The summed E-state index contributed by atoms with van der Waals surface area (Å²) in [5, 5.41) is 3.55. The van der Waals surface area contributed by atoms with Crippen molar-refractivity contribution >= 4 is 33.0 Å². The maximum Gasteiger partial charge on any atom is 0.261 e. The van der Waals surface area contributed by atoms with Crippen LogP contribution in [0.4, 0.5) is 11.4 Å². The second-order valence-electron chi connectivity index (χ2n) is 6.06. The van der Waals surface area contributed by atoms with Gasteiger partial charge in [0.05, 0.1) is 17.0 Å². The van der Waals surface area contributed by atoms with Crippen molar-refractivity contribution in [2.75, 3.05) is 44.3 Å². The lowest BCUT2D eigenvalue weighted by molar-refractivity contribution is 0.405. The van der Waals surface area contributed by atoms with Crippen molar-refractivity contribution in [2.24, 2.45) is 0 Å². The summed E-state index contributed by atoms with van der Waals surface area (Å²) in [5.41, 5.74) is 1.43. The Kier molecular flexibility index (Phi) is 7.14. The Morgan fingerprint density at radius 3 is 2.31 bits per heavy atom. The Labute approximate surface area is 160 Å². The predicted octanol–water partition coefficient (Wildman–Crippen LogP) is 3.51. The minimum Gasteiger partial charge on any atom is -0.495 e. The van der Waals surface area contributed by atoms with Gasteiger partial charge < -0.3 is 15.0 Å². The SMILES string of the molecule is COc1ccc(S(=O)(=O)Nc2ccc(NCCCN(C)C)cc2)cc1Cl. The van der Waals surface area contributed by atoms with E-state index < -0.39 is 10.0 Å². The zero-order valence-electron chi connectivity index (χ0n) is 15.1. The number of sulfonamides is 1. The molecule has 0 radical (unpaired) electrons. The molecule has 2 aromatic rings. The number of rotatable bonds is 9. The average Bonchev–Trinajstić information content (AvgIpc) is 2.59. The van der Waals surface area contributed by atoms with E-state index in [1.54, 1.807) is 12.1 Å². The zero-order chi connectivity index (χ0) is 19.2.